The molecule has 0 radical (unpaired) electrons. The Hall–Kier alpha value is -1.23. The Kier molecular flexibility index (Phi) is 5.83. The number of aliphatic hydroxyl groups is 2. The van der Waals surface area contributed by atoms with E-state index in [1.807, 2.05) is 6.07 Å². The van der Waals surface area contributed by atoms with Crippen LogP contribution in [0, 0.1) is 0 Å². The van der Waals surface area contributed by atoms with Crippen molar-refractivity contribution < 1.29 is 14.9 Å². The minimum absolute atomic E-state index is 0.118. The second-order valence-corrected chi connectivity index (χ2v) is 3.88. The van der Waals surface area contributed by atoms with Crippen molar-refractivity contribution in [3.8, 4) is 0 Å². The molecule has 17 heavy (non-hydrogen) atoms. The van der Waals surface area contributed by atoms with Gasteiger partial charge >= 0.3 is 0 Å². The van der Waals surface area contributed by atoms with E-state index in [-0.39, 0.29) is 13.2 Å². The lowest BCUT2D eigenvalue weighted by atomic mass is 10.1. The van der Waals surface area contributed by atoms with E-state index in [0.717, 1.165) is 12.1 Å². The lowest BCUT2D eigenvalue weighted by Crippen LogP contribution is -2.19. The van der Waals surface area contributed by atoms with Crippen LogP contribution >= 0.6 is 0 Å². The van der Waals surface area contributed by atoms with E-state index >= 15 is 0 Å². The number of para-hydroxylation sites is 1. The van der Waals surface area contributed by atoms with Crippen molar-refractivity contribution in [3.63, 3.8) is 0 Å². The molecule has 0 aliphatic carbocycles. The molecular weight excluding hydrogens is 218 g/mol. The molecule has 2 rings (SSSR count). The Morgan fingerprint density at radius 2 is 1.94 bits per heavy atom. The molecule has 1 aliphatic heterocycles. The molecule has 0 saturated heterocycles. The summed E-state index contributed by atoms with van der Waals surface area (Å²) in [5.41, 5.74) is 3.74. The van der Waals surface area contributed by atoms with E-state index in [4.69, 9.17) is 10.2 Å². The van der Waals surface area contributed by atoms with Gasteiger partial charge in [-0.2, -0.15) is 0 Å². The molecule has 0 bridgehead atoms. The summed E-state index contributed by atoms with van der Waals surface area (Å²) in [4.78, 5) is 4.37. The number of hydrogen-bond donors (Lipinski definition) is 2. The molecule has 1 heterocycles. The van der Waals surface area contributed by atoms with Crippen LogP contribution in [-0.4, -0.2) is 42.4 Å². The molecule has 4 nitrogen and oxygen atoms in total. The van der Waals surface area contributed by atoms with Crippen LogP contribution in [0.5, 0.6) is 0 Å². The first-order valence-corrected chi connectivity index (χ1v) is 5.57. The van der Waals surface area contributed by atoms with E-state index < -0.39 is 6.10 Å². The summed E-state index contributed by atoms with van der Waals surface area (Å²) < 4.78 is 4.55. The minimum atomic E-state index is -0.403. The Labute approximate surface area is 102 Å². The predicted molar refractivity (Wildman–Crippen MR) is 67.9 cm³/mol. The zero-order valence-electron chi connectivity index (χ0n) is 10.3. The normalized spacial score (nSPS) is 12.9. The zero-order valence-corrected chi connectivity index (χ0v) is 10.3. The maximum Gasteiger partial charge on any atom is 0.103 e. The SMILES string of the molecule is CC1=Nc2ccccc2C1.COC(CO)CO. The van der Waals surface area contributed by atoms with Gasteiger partial charge in [-0.15, -0.1) is 0 Å². The fraction of sp³-hybridized carbons (Fsp3) is 0.462. The lowest BCUT2D eigenvalue weighted by Gasteiger charge is -2.05. The van der Waals surface area contributed by atoms with Gasteiger partial charge in [0.05, 0.1) is 18.9 Å². The Balaban J connectivity index is 0.000000185. The maximum absolute atomic E-state index is 8.24. The number of aliphatic hydroxyl groups excluding tert-OH is 2. The van der Waals surface area contributed by atoms with Crippen molar-refractivity contribution in [2.45, 2.75) is 19.4 Å². The quantitative estimate of drug-likeness (QED) is 0.833. The third-order valence-electron chi connectivity index (χ3n) is 2.49. The van der Waals surface area contributed by atoms with Crippen LogP contribution in [0.15, 0.2) is 29.3 Å². The van der Waals surface area contributed by atoms with Crippen molar-refractivity contribution in [2.75, 3.05) is 20.3 Å². The number of ether oxygens (including phenoxy) is 1. The van der Waals surface area contributed by atoms with E-state index in [1.54, 1.807) is 0 Å². The van der Waals surface area contributed by atoms with Gasteiger partial charge in [0.15, 0.2) is 0 Å². The first kappa shape index (κ1) is 13.8. The van der Waals surface area contributed by atoms with Gasteiger partial charge in [0, 0.05) is 19.2 Å². The molecule has 0 amide bonds. The molecule has 0 spiro atoms. The number of nitrogens with zero attached hydrogens (tertiary/aromatic N) is 1. The zero-order chi connectivity index (χ0) is 12.7. The van der Waals surface area contributed by atoms with Crippen molar-refractivity contribution in [1.29, 1.82) is 0 Å². The number of benzene rings is 1. The van der Waals surface area contributed by atoms with Crippen LogP contribution in [0.25, 0.3) is 0 Å². The van der Waals surface area contributed by atoms with Gasteiger partial charge in [0.2, 0.25) is 0 Å². The summed E-state index contributed by atoms with van der Waals surface area (Å²) in [6, 6.07) is 8.29. The molecule has 1 aromatic carbocycles. The van der Waals surface area contributed by atoms with Crippen LogP contribution in [0.3, 0.4) is 0 Å². The molecule has 0 saturated carbocycles. The van der Waals surface area contributed by atoms with E-state index in [9.17, 15) is 0 Å². The average Bonchev–Trinajstić information content (AvgIpc) is 2.72. The van der Waals surface area contributed by atoms with Crippen LogP contribution in [0.4, 0.5) is 5.69 Å². The molecule has 0 fully saturated rings. The number of rotatable bonds is 3. The first-order chi connectivity index (χ1) is 8.21. The molecule has 1 aromatic rings. The predicted octanol–water partition coefficient (Wildman–Crippen LogP) is 1.32. The molecule has 0 unspecified atom stereocenters. The highest BCUT2D eigenvalue weighted by Crippen LogP contribution is 2.25. The third-order valence-corrected chi connectivity index (χ3v) is 2.49. The van der Waals surface area contributed by atoms with Crippen molar-refractivity contribution >= 4 is 11.4 Å². The third kappa shape index (κ3) is 4.26. The van der Waals surface area contributed by atoms with Gasteiger partial charge in [0.1, 0.15) is 6.10 Å². The van der Waals surface area contributed by atoms with Crippen LogP contribution < -0.4 is 0 Å². The highest BCUT2D eigenvalue weighted by Gasteiger charge is 2.08. The Morgan fingerprint density at radius 3 is 2.41 bits per heavy atom. The molecule has 2 N–H and O–H groups in total. The molecule has 94 valence electrons. The summed E-state index contributed by atoms with van der Waals surface area (Å²) in [7, 11) is 1.44. The smallest absolute Gasteiger partial charge is 0.103 e. The fourth-order valence-corrected chi connectivity index (χ4v) is 1.50. The van der Waals surface area contributed by atoms with Crippen LogP contribution in [0.2, 0.25) is 0 Å². The Morgan fingerprint density at radius 1 is 1.29 bits per heavy atom. The number of aliphatic imine (C=N–C) groups is 1. The topological polar surface area (TPSA) is 62.0 Å². The summed E-state index contributed by atoms with van der Waals surface area (Å²) in [5.74, 6) is 0. The number of methoxy groups -OCH3 is 1. The molecule has 0 aromatic heterocycles. The monoisotopic (exact) mass is 237 g/mol. The minimum Gasteiger partial charge on any atom is -0.394 e. The fourth-order valence-electron chi connectivity index (χ4n) is 1.50. The van der Waals surface area contributed by atoms with Crippen LogP contribution in [-0.2, 0) is 11.2 Å². The van der Waals surface area contributed by atoms with Gasteiger partial charge in [-0.05, 0) is 18.6 Å². The number of fused-ring (bicyclic) bond motifs is 1. The standard InChI is InChI=1S/C9H9N.C4H10O3/c1-7-6-8-4-2-3-5-9(8)10-7;1-7-4(2-5)3-6/h2-5H,6H2,1H3;4-6H,2-3H2,1H3. The summed E-state index contributed by atoms with van der Waals surface area (Å²) in [6.07, 6.45) is 0.635. The molecule has 1 aliphatic rings. The average molecular weight is 237 g/mol. The van der Waals surface area contributed by atoms with Gasteiger partial charge in [0.25, 0.3) is 0 Å². The number of hydrogen-bond acceptors (Lipinski definition) is 4. The molecule has 0 atom stereocenters. The maximum atomic E-state index is 8.24. The summed E-state index contributed by atoms with van der Waals surface area (Å²) in [6.45, 7) is 1.83. The highest BCUT2D eigenvalue weighted by molar-refractivity contribution is 5.91. The largest absolute Gasteiger partial charge is 0.394 e. The second-order valence-electron chi connectivity index (χ2n) is 3.88. The van der Waals surface area contributed by atoms with Gasteiger partial charge in [-0.3, -0.25) is 4.99 Å². The molecular formula is C13H19NO3. The van der Waals surface area contributed by atoms with E-state index in [2.05, 4.69) is 34.9 Å². The Bertz CT molecular complexity index is 367. The van der Waals surface area contributed by atoms with Crippen molar-refractivity contribution in [2.24, 2.45) is 4.99 Å². The van der Waals surface area contributed by atoms with Gasteiger partial charge in [-0.25, -0.2) is 0 Å². The van der Waals surface area contributed by atoms with Crippen molar-refractivity contribution in [3.05, 3.63) is 29.8 Å². The van der Waals surface area contributed by atoms with Gasteiger partial charge in [-0.1, -0.05) is 18.2 Å². The summed E-state index contributed by atoms with van der Waals surface area (Å²) in [5, 5.41) is 16.5. The lowest BCUT2D eigenvalue weighted by molar-refractivity contribution is 0.00933. The summed E-state index contributed by atoms with van der Waals surface area (Å²) >= 11 is 0. The van der Waals surface area contributed by atoms with Gasteiger partial charge < -0.3 is 14.9 Å². The molecule has 4 heteroatoms. The first-order valence-electron chi connectivity index (χ1n) is 5.57. The second kappa shape index (κ2) is 7.17. The van der Waals surface area contributed by atoms with Crippen molar-refractivity contribution in [1.82, 2.24) is 0 Å². The van der Waals surface area contributed by atoms with E-state index in [1.165, 1.54) is 18.4 Å². The van der Waals surface area contributed by atoms with Crippen LogP contribution in [0.1, 0.15) is 12.5 Å². The highest BCUT2D eigenvalue weighted by atomic mass is 16.5. The van der Waals surface area contributed by atoms with E-state index in [0.29, 0.717) is 0 Å².